The molecule has 0 aromatic heterocycles. The zero-order valence-corrected chi connectivity index (χ0v) is 9.45. The topological polar surface area (TPSA) is 64.6 Å². The maximum Gasteiger partial charge on any atom is 0.397 e. The maximum atomic E-state index is 13.1. The van der Waals surface area contributed by atoms with Gasteiger partial charge in [0.25, 0.3) is 0 Å². The molecule has 17 heavy (non-hydrogen) atoms. The Morgan fingerprint density at radius 1 is 1.41 bits per heavy atom. The highest BCUT2D eigenvalue weighted by atomic mass is 19.1. The molecular weight excluding hydrogens is 229 g/mol. The Kier molecular flexibility index (Phi) is 4.45. The van der Waals surface area contributed by atoms with Gasteiger partial charge in [-0.05, 0) is 19.1 Å². The fraction of sp³-hybridized carbons (Fsp3) is 0.273. The van der Waals surface area contributed by atoms with E-state index in [0.29, 0.717) is 0 Å². The zero-order chi connectivity index (χ0) is 12.8. The first kappa shape index (κ1) is 13.0. The van der Waals surface area contributed by atoms with Gasteiger partial charge in [-0.25, -0.2) is 9.18 Å². The highest BCUT2D eigenvalue weighted by molar-refractivity contribution is 6.37. The summed E-state index contributed by atoms with van der Waals surface area (Å²) in [7, 11) is 1.30. The molecule has 92 valence electrons. The van der Waals surface area contributed by atoms with E-state index in [-0.39, 0.29) is 18.0 Å². The van der Waals surface area contributed by atoms with Gasteiger partial charge >= 0.3 is 11.9 Å². The van der Waals surface area contributed by atoms with Crippen molar-refractivity contribution in [3.8, 4) is 5.75 Å². The summed E-state index contributed by atoms with van der Waals surface area (Å²) in [6.07, 6.45) is 0. The fourth-order valence-electron chi connectivity index (χ4n) is 1.12. The largest absolute Gasteiger partial charge is 0.494 e. The molecule has 0 atom stereocenters. The Morgan fingerprint density at radius 2 is 2.12 bits per heavy atom. The molecule has 1 N–H and O–H groups in total. The van der Waals surface area contributed by atoms with E-state index in [9.17, 15) is 14.0 Å². The fourth-order valence-corrected chi connectivity index (χ4v) is 1.12. The van der Waals surface area contributed by atoms with Crippen LogP contribution in [0.1, 0.15) is 6.92 Å². The van der Waals surface area contributed by atoms with Gasteiger partial charge in [0.2, 0.25) is 0 Å². The minimum absolute atomic E-state index is 0.0216. The van der Waals surface area contributed by atoms with Crippen molar-refractivity contribution < 1.29 is 23.5 Å². The van der Waals surface area contributed by atoms with Crippen LogP contribution in [0.5, 0.6) is 5.75 Å². The molecule has 0 aliphatic carbocycles. The molecule has 1 amide bonds. The first-order valence-electron chi connectivity index (χ1n) is 4.90. The lowest BCUT2D eigenvalue weighted by Gasteiger charge is -2.07. The molecule has 6 heteroatoms. The molecule has 0 unspecified atom stereocenters. The van der Waals surface area contributed by atoms with Gasteiger partial charge in [-0.3, -0.25) is 4.79 Å². The van der Waals surface area contributed by atoms with Crippen LogP contribution in [0, 0.1) is 5.82 Å². The highest BCUT2D eigenvalue weighted by Crippen LogP contribution is 2.21. The summed E-state index contributed by atoms with van der Waals surface area (Å²) in [5.74, 6) is -2.48. The van der Waals surface area contributed by atoms with Gasteiger partial charge in [0, 0.05) is 11.8 Å². The molecule has 0 saturated heterocycles. The van der Waals surface area contributed by atoms with Crippen LogP contribution in [0.4, 0.5) is 10.1 Å². The van der Waals surface area contributed by atoms with Crippen LogP contribution >= 0.6 is 0 Å². The lowest BCUT2D eigenvalue weighted by Crippen LogP contribution is -2.24. The van der Waals surface area contributed by atoms with Gasteiger partial charge < -0.3 is 14.8 Å². The van der Waals surface area contributed by atoms with E-state index in [4.69, 9.17) is 4.74 Å². The van der Waals surface area contributed by atoms with Gasteiger partial charge in [0.05, 0.1) is 13.7 Å². The number of rotatable bonds is 3. The number of methoxy groups -OCH3 is 1. The summed E-state index contributed by atoms with van der Waals surface area (Å²) in [5.41, 5.74) is 0.251. The third-order valence-corrected chi connectivity index (χ3v) is 1.87. The predicted octanol–water partition coefficient (Wildman–Crippen LogP) is 1.34. The van der Waals surface area contributed by atoms with E-state index in [2.05, 4.69) is 10.1 Å². The molecular formula is C11H12FNO4. The summed E-state index contributed by atoms with van der Waals surface area (Å²) in [6.45, 7) is 1.70. The standard InChI is InChI=1S/C11H12FNO4/c1-3-17-11(15)10(14)13-7-4-5-8(12)9(6-7)16-2/h4-6H,3H2,1-2H3,(H,13,14). The van der Waals surface area contributed by atoms with Gasteiger partial charge in [-0.15, -0.1) is 0 Å². The SMILES string of the molecule is CCOC(=O)C(=O)Nc1ccc(F)c(OC)c1. The summed E-state index contributed by atoms with van der Waals surface area (Å²) in [6, 6.07) is 3.71. The van der Waals surface area contributed by atoms with Gasteiger partial charge in [0.1, 0.15) is 0 Å². The van der Waals surface area contributed by atoms with Crippen molar-refractivity contribution in [3.63, 3.8) is 0 Å². The molecule has 0 aliphatic rings. The van der Waals surface area contributed by atoms with Crippen molar-refractivity contribution in [2.75, 3.05) is 19.0 Å². The Hall–Kier alpha value is -2.11. The van der Waals surface area contributed by atoms with Crippen molar-refractivity contribution in [1.29, 1.82) is 0 Å². The Balaban J connectivity index is 2.75. The Labute approximate surface area is 97.5 Å². The van der Waals surface area contributed by atoms with Crippen LogP contribution in [0.25, 0.3) is 0 Å². The van der Waals surface area contributed by atoms with E-state index in [0.717, 1.165) is 6.07 Å². The number of hydrogen-bond acceptors (Lipinski definition) is 4. The second-order valence-corrected chi connectivity index (χ2v) is 3.02. The number of amides is 1. The number of carbonyl (C=O) groups excluding carboxylic acids is 2. The number of nitrogens with one attached hydrogen (secondary N) is 1. The van der Waals surface area contributed by atoms with E-state index < -0.39 is 17.7 Å². The molecule has 5 nitrogen and oxygen atoms in total. The monoisotopic (exact) mass is 241 g/mol. The number of esters is 1. The Morgan fingerprint density at radius 3 is 2.71 bits per heavy atom. The molecule has 0 aliphatic heterocycles. The van der Waals surface area contributed by atoms with Gasteiger partial charge in [-0.2, -0.15) is 0 Å². The molecule has 0 saturated carbocycles. The number of carbonyl (C=O) groups is 2. The normalized spacial score (nSPS) is 9.59. The summed E-state index contributed by atoms with van der Waals surface area (Å²) >= 11 is 0. The van der Waals surface area contributed by atoms with Crippen molar-refractivity contribution in [1.82, 2.24) is 0 Å². The van der Waals surface area contributed by atoms with Crippen LogP contribution in [0.15, 0.2) is 18.2 Å². The van der Waals surface area contributed by atoms with E-state index in [1.807, 2.05) is 0 Å². The number of anilines is 1. The van der Waals surface area contributed by atoms with Crippen LogP contribution in [0.3, 0.4) is 0 Å². The smallest absolute Gasteiger partial charge is 0.397 e. The summed E-state index contributed by atoms with van der Waals surface area (Å²) in [4.78, 5) is 22.3. The number of hydrogen-bond donors (Lipinski definition) is 1. The molecule has 1 aromatic rings. The number of halogens is 1. The first-order chi connectivity index (χ1) is 8.08. The second kappa shape index (κ2) is 5.83. The number of ether oxygens (including phenoxy) is 2. The minimum atomic E-state index is -0.990. The molecule has 0 fully saturated rings. The van der Waals surface area contributed by atoms with Gasteiger partial charge in [-0.1, -0.05) is 0 Å². The van der Waals surface area contributed by atoms with Crippen LogP contribution < -0.4 is 10.1 Å². The highest BCUT2D eigenvalue weighted by Gasteiger charge is 2.15. The molecule has 1 rings (SSSR count). The van der Waals surface area contributed by atoms with Crippen molar-refractivity contribution in [3.05, 3.63) is 24.0 Å². The quantitative estimate of drug-likeness (QED) is 0.640. The van der Waals surface area contributed by atoms with Crippen molar-refractivity contribution in [2.45, 2.75) is 6.92 Å². The maximum absolute atomic E-state index is 13.1. The summed E-state index contributed by atoms with van der Waals surface area (Å²) in [5, 5.41) is 2.27. The average Bonchev–Trinajstić information content (AvgIpc) is 2.31. The molecule has 1 aromatic carbocycles. The second-order valence-electron chi connectivity index (χ2n) is 3.02. The Bertz CT molecular complexity index is 433. The van der Waals surface area contributed by atoms with Gasteiger partial charge in [0.15, 0.2) is 11.6 Å². The van der Waals surface area contributed by atoms with Crippen LogP contribution in [-0.2, 0) is 14.3 Å². The average molecular weight is 241 g/mol. The lowest BCUT2D eigenvalue weighted by molar-refractivity contribution is -0.152. The first-order valence-corrected chi connectivity index (χ1v) is 4.90. The lowest BCUT2D eigenvalue weighted by atomic mass is 10.3. The van der Waals surface area contributed by atoms with Crippen molar-refractivity contribution in [2.24, 2.45) is 0 Å². The van der Waals surface area contributed by atoms with Crippen LogP contribution in [0.2, 0.25) is 0 Å². The zero-order valence-electron chi connectivity index (χ0n) is 9.45. The molecule has 0 heterocycles. The van der Waals surface area contributed by atoms with E-state index >= 15 is 0 Å². The van der Waals surface area contributed by atoms with Crippen LogP contribution in [-0.4, -0.2) is 25.6 Å². The third kappa shape index (κ3) is 3.44. The van der Waals surface area contributed by atoms with E-state index in [1.165, 1.54) is 19.2 Å². The van der Waals surface area contributed by atoms with Crippen molar-refractivity contribution >= 4 is 17.6 Å². The molecule has 0 radical (unpaired) electrons. The number of benzene rings is 1. The molecule has 0 spiro atoms. The molecule has 0 bridgehead atoms. The minimum Gasteiger partial charge on any atom is -0.494 e. The summed E-state index contributed by atoms with van der Waals surface area (Å²) < 4.78 is 22.3. The van der Waals surface area contributed by atoms with E-state index in [1.54, 1.807) is 6.92 Å². The predicted molar refractivity (Wildman–Crippen MR) is 58.2 cm³/mol. The third-order valence-electron chi connectivity index (χ3n) is 1.87.